The van der Waals surface area contributed by atoms with Crippen molar-refractivity contribution >= 4 is 23.8 Å². The van der Waals surface area contributed by atoms with E-state index in [1.807, 2.05) is 21.9 Å². The molecule has 2 aromatic rings. The number of nitrogens with zero attached hydrogens (tertiary/aromatic N) is 2. The highest BCUT2D eigenvalue weighted by Crippen LogP contribution is 2.15. The van der Waals surface area contributed by atoms with Gasteiger partial charge >= 0.3 is 11.9 Å². The predicted octanol–water partition coefficient (Wildman–Crippen LogP) is 0.665. The number of hydrogen-bond acceptors (Lipinski definition) is 8. The predicted molar refractivity (Wildman–Crippen MR) is 132 cm³/mol. The van der Waals surface area contributed by atoms with Crippen molar-refractivity contribution in [3.05, 3.63) is 71.8 Å². The molecule has 1 aliphatic heterocycles. The molecular formula is C26H32N4O6. The molecule has 0 unspecified atom stereocenters. The maximum Gasteiger partial charge on any atom is 0.333 e. The summed E-state index contributed by atoms with van der Waals surface area (Å²) < 4.78 is 9.69. The highest BCUT2D eigenvalue weighted by atomic mass is 16.5. The van der Waals surface area contributed by atoms with Crippen LogP contribution in [0.25, 0.3) is 0 Å². The topological polar surface area (TPSA) is 117 Å². The Morgan fingerprint density at radius 1 is 0.667 bits per heavy atom. The Kier molecular flexibility index (Phi) is 9.96. The van der Waals surface area contributed by atoms with E-state index in [1.165, 1.54) is 14.2 Å². The van der Waals surface area contributed by atoms with Crippen LogP contribution in [0.2, 0.25) is 0 Å². The van der Waals surface area contributed by atoms with Gasteiger partial charge in [0.25, 0.3) is 0 Å². The van der Waals surface area contributed by atoms with Crippen LogP contribution < -0.4 is 10.6 Å². The van der Waals surface area contributed by atoms with E-state index >= 15 is 0 Å². The molecule has 192 valence electrons. The van der Waals surface area contributed by atoms with Crippen molar-refractivity contribution in [2.75, 3.05) is 53.5 Å². The molecule has 0 saturated carbocycles. The number of ether oxygens (including phenoxy) is 2. The smallest absolute Gasteiger partial charge is 0.333 e. The summed E-state index contributed by atoms with van der Waals surface area (Å²) in [6.45, 7) is 2.56. The zero-order chi connectivity index (χ0) is 25.9. The van der Waals surface area contributed by atoms with Crippen molar-refractivity contribution in [2.24, 2.45) is 0 Å². The second kappa shape index (κ2) is 13.4. The Hall–Kier alpha value is -3.76. The first-order chi connectivity index (χ1) is 17.4. The zero-order valence-electron chi connectivity index (χ0n) is 20.5. The number of methoxy groups -OCH3 is 2. The molecule has 1 saturated heterocycles. The van der Waals surface area contributed by atoms with Crippen molar-refractivity contribution in [2.45, 2.75) is 12.1 Å². The van der Waals surface area contributed by atoms with Gasteiger partial charge < -0.3 is 20.1 Å². The molecule has 1 fully saturated rings. The third-order valence-electron chi connectivity index (χ3n) is 5.95. The van der Waals surface area contributed by atoms with Gasteiger partial charge in [0.1, 0.15) is 0 Å². The summed E-state index contributed by atoms with van der Waals surface area (Å²) in [5.74, 6) is -1.65. The number of carbonyl (C=O) groups is 4. The van der Waals surface area contributed by atoms with Gasteiger partial charge in [0, 0.05) is 26.2 Å². The van der Waals surface area contributed by atoms with Crippen LogP contribution in [0.1, 0.15) is 23.2 Å². The van der Waals surface area contributed by atoms with E-state index in [-0.39, 0.29) is 24.9 Å². The first-order valence-electron chi connectivity index (χ1n) is 11.7. The van der Waals surface area contributed by atoms with Crippen molar-refractivity contribution in [1.82, 2.24) is 20.4 Å². The van der Waals surface area contributed by atoms with Gasteiger partial charge in [-0.05, 0) is 11.1 Å². The molecule has 36 heavy (non-hydrogen) atoms. The van der Waals surface area contributed by atoms with Gasteiger partial charge in [-0.15, -0.1) is 0 Å². The van der Waals surface area contributed by atoms with E-state index in [0.29, 0.717) is 37.3 Å². The molecule has 10 heteroatoms. The van der Waals surface area contributed by atoms with Crippen molar-refractivity contribution < 1.29 is 28.7 Å². The molecule has 1 heterocycles. The molecule has 2 N–H and O–H groups in total. The number of rotatable bonds is 10. The molecule has 0 aliphatic carbocycles. The molecule has 0 spiro atoms. The van der Waals surface area contributed by atoms with Crippen LogP contribution in [0.4, 0.5) is 0 Å². The van der Waals surface area contributed by atoms with E-state index < -0.39 is 24.0 Å². The Morgan fingerprint density at radius 2 is 1.00 bits per heavy atom. The lowest BCUT2D eigenvalue weighted by atomic mass is 10.1. The Bertz CT molecular complexity index is 942. The molecule has 10 nitrogen and oxygen atoms in total. The fourth-order valence-corrected chi connectivity index (χ4v) is 4.01. The van der Waals surface area contributed by atoms with E-state index in [0.717, 1.165) is 0 Å². The molecule has 0 bridgehead atoms. The first-order valence-corrected chi connectivity index (χ1v) is 11.7. The molecule has 1 aliphatic rings. The Labute approximate surface area is 210 Å². The minimum atomic E-state index is -0.874. The van der Waals surface area contributed by atoms with Gasteiger partial charge in [0.15, 0.2) is 12.1 Å². The van der Waals surface area contributed by atoms with Crippen LogP contribution in [0.5, 0.6) is 0 Å². The fraction of sp³-hybridized carbons (Fsp3) is 0.385. The third kappa shape index (κ3) is 7.62. The first kappa shape index (κ1) is 26.8. The lowest BCUT2D eigenvalue weighted by Crippen LogP contribution is -2.52. The van der Waals surface area contributed by atoms with E-state index in [2.05, 4.69) is 10.6 Å². The maximum atomic E-state index is 12.6. The molecule has 0 radical (unpaired) electrons. The third-order valence-corrected chi connectivity index (χ3v) is 5.95. The molecule has 2 aromatic carbocycles. The van der Waals surface area contributed by atoms with Crippen LogP contribution in [0, 0.1) is 0 Å². The minimum Gasteiger partial charge on any atom is -0.467 e. The van der Waals surface area contributed by atoms with Gasteiger partial charge in [0.2, 0.25) is 11.8 Å². The number of amides is 2. The molecule has 0 aromatic heterocycles. The standard InChI is InChI=1S/C26H32N4O6/c1-35-25(33)23(19-9-5-3-6-10-19)27-21(31)17-29-13-15-30(16-14-29)18-22(32)28-24(26(34)36-2)20-11-7-4-8-12-20/h3-12,23-24H,13-18H2,1-2H3,(H,27,31)(H,28,32)/t23-,24-/m0/s1. The highest BCUT2D eigenvalue weighted by Gasteiger charge is 2.27. The summed E-state index contributed by atoms with van der Waals surface area (Å²) in [5.41, 5.74) is 1.29. The van der Waals surface area contributed by atoms with Crippen molar-refractivity contribution in [3.63, 3.8) is 0 Å². The molecular weight excluding hydrogens is 464 g/mol. The van der Waals surface area contributed by atoms with Crippen LogP contribution in [0.3, 0.4) is 0 Å². The number of benzene rings is 2. The second-order valence-electron chi connectivity index (χ2n) is 8.42. The Balaban J connectivity index is 1.47. The quantitative estimate of drug-likeness (QED) is 0.461. The summed E-state index contributed by atoms with van der Waals surface area (Å²) in [4.78, 5) is 53.6. The zero-order valence-corrected chi connectivity index (χ0v) is 20.5. The summed E-state index contributed by atoms with van der Waals surface area (Å²) in [6.07, 6.45) is 0. The largest absolute Gasteiger partial charge is 0.467 e. The van der Waals surface area contributed by atoms with Crippen LogP contribution in [-0.4, -0.2) is 87.0 Å². The number of nitrogens with one attached hydrogen (secondary N) is 2. The van der Waals surface area contributed by atoms with Crippen LogP contribution in [-0.2, 0) is 28.7 Å². The minimum absolute atomic E-state index is 0.124. The van der Waals surface area contributed by atoms with Gasteiger partial charge in [0.05, 0.1) is 27.3 Å². The van der Waals surface area contributed by atoms with Crippen molar-refractivity contribution in [1.29, 1.82) is 0 Å². The second-order valence-corrected chi connectivity index (χ2v) is 8.42. The summed E-state index contributed by atoms with van der Waals surface area (Å²) in [5, 5.41) is 5.50. The molecule has 2 atom stereocenters. The summed E-state index contributed by atoms with van der Waals surface area (Å²) in [6, 6.07) is 16.1. The average Bonchev–Trinajstić information content (AvgIpc) is 2.91. The number of hydrogen-bond donors (Lipinski definition) is 2. The van der Waals surface area contributed by atoms with E-state index in [4.69, 9.17) is 9.47 Å². The number of carbonyl (C=O) groups excluding carboxylic acids is 4. The number of piperazine rings is 1. The monoisotopic (exact) mass is 496 g/mol. The SMILES string of the molecule is COC(=O)[C@@H](NC(=O)CN1CCN(CC(=O)N[C@H](C(=O)OC)c2ccccc2)CC1)c1ccccc1. The number of esters is 2. The van der Waals surface area contributed by atoms with E-state index in [1.54, 1.807) is 48.5 Å². The van der Waals surface area contributed by atoms with Gasteiger partial charge in [-0.2, -0.15) is 0 Å². The van der Waals surface area contributed by atoms with Crippen LogP contribution >= 0.6 is 0 Å². The van der Waals surface area contributed by atoms with Crippen molar-refractivity contribution in [3.8, 4) is 0 Å². The molecule has 3 rings (SSSR count). The van der Waals surface area contributed by atoms with Gasteiger partial charge in [-0.3, -0.25) is 19.4 Å². The maximum absolute atomic E-state index is 12.6. The summed E-state index contributed by atoms with van der Waals surface area (Å²) >= 11 is 0. The fourth-order valence-electron chi connectivity index (χ4n) is 4.01. The van der Waals surface area contributed by atoms with Gasteiger partial charge in [-0.25, -0.2) is 9.59 Å². The van der Waals surface area contributed by atoms with Crippen LogP contribution in [0.15, 0.2) is 60.7 Å². The summed E-state index contributed by atoms with van der Waals surface area (Å²) in [7, 11) is 2.57. The van der Waals surface area contributed by atoms with E-state index in [9.17, 15) is 19.2 Å². The average molecular weight is 497 g/mol. The Morgan fingerprint density at radius 3 is 1.31 bits per heavy atom. The lowest BCUT2D eigenvalue weighted by Gasteiger charge is -2.34. The molecule has 2 amide bonds. The normalized spacial score (nSPS) is 15.8. The highest BCUT2D eigenvalue weighted by molar-refractivity contribution is 5.87. The lowest BCUT2D eigenvalue weighted by molar-refractivity contribution is -0.146. The van der Waals surface area contributed by atoms with Gasteiger partial charge in [-0.1, -0.05) is 60.7 Å².